The zero-order valence-corrected chi connectivity index (χ0v) is 13.0. The summed E-state index contributed by atoms with van der Waals surface area (Å²) in [5.41, 5.74) is 0.0279. The van der Waals surface area contributed by atoms with Crippen molar-refractivity contribution in [1.29, 1.82) is 0 Å². The van der Waals surface area contributed by atoms with E-state index < -0.39 is 0 Å². The Balaban J connectivity index is 1.72. The standard InChI is InChI=1S/C16H30O3/c1-5-9-13-15(7-3,18-13)11-17-12-16(8-4)14(19-16)10-6-2/h13-14H,5-12H2,1-4H3. The Morgan fingerprint density at radius 2 is 1.21 bits per heavy atom. The highest BCUT2D eigenvalue weighted by Crippen LogP contribution is 2.45. The van der Waals surface area contributed by atoms with E-state index in [0.717, 1.165) is 38.9 Å². The molecule has 0 aliphatic carbocycles. The van der Waals surface area contributed by atoms with Gasteiger partial charge in [0.25, 0.3) is 0 Å². The average Bonchev–Trinajstić information content (AvgIpc) is 3.29. The number of hydrogen-bond acceptors (Lipinski definition) is 3. The molecular formula is C16H30O3. The van der Waals surface area contributed by atoms with Crippen LogP contribution in [0.3, 0.4) is 0 Å². The second-order valence-electron chi connectivity index (χ2n) is 6.12. The van der Waals surface area contributed by atoms with Crippen molar-refractivity contribution < 1.29 is 14.2 Å². The van der Waals surface area contributed by atoms with Crippen molar-refractivity contribution in [1.82, 2.24) is 0 Å². The largest absolute Gasteiger partial charge is 0.375 e. The lowest BCUT2D eigenvalue weighted by Gasteiger charge is -2.15. The molecule has 0 aromatic heterocycles. The third-order valence-electron chi connectivity index (χ3n) is 4.80. The molecule has 4 unspecified atom stereocenters. The fourth-order valence-electron chi connectivity index (χ4n) is 3.14. The summed E-state index contributed by atoms with van der Waals surface area (Å²) < 4.78 is 17.7. The van der Waals surface area contributed by atoms with Gasteiger partial charge in [-0.2, -0.15) is 0 Å². The van der Waals surface area contributed by atoms with Crippen molar-refractivity contribution in [3.05, 3.63) is 0 Å². The number of rotatable bonds is 10. The molecule has 2 fully saturated rings. The molecule has 112 valence electrons. The van der Waals surface area contributed by atoms with Crippen LogP contribution in [0.5, 0.6) is 0 Å². The highest BCUT2D eigenvalue weighted by atomic mass is 16.7. The van der Waals surface area contributed by atoms with Crippen molar-refractivity contribution in [3.8, 4) is 0 Å². The van der Waals surface area contributed by atoms with E-state index >= 15 is 0 Å². The smallest absolute Gasteiger partial charge is 0.118 e. The van der Waals surface area contributed by atoms with Gasteiger partial charge < -0.3 is 14.2 Å². The summed E-state index contributed by atoms with van der Waals surface area (Å²) in [6.45, 7) is 10.3. The predicted molar refractivity (Wildman–Crippen MR) is 76.4 cm³/mol. The second kappa shape index (κ2) is 6.11. The Morgan fingerprint density at radius 3 is 1.53 bits per heavy atom. The van der Waals surface area contributed by atoms with Gasteiger partial charge in [0.05, 0.1) is 25.4 Å². The van der Waals surface area contributed by atoms with E-state index in [4.69, 9.17) is 14.2 Å². The topological polar surface area (TPSA) is 34.3 Å². The maximum Gasteiger partial charge on any atom is 0.118 e. The van der Waals surface area contributed by atoms with E-state index in [1.54, 1.807) is 0 Å². The Morgan fingerprint density at radius 1 is 0.789 bits per heavy atom. The van der Waals surface area contributed by atoms with Gasteiger partial charge in [0.2, 0.25) is 0 Å². The molecule has 2 rings (SSSR count). The zero-order valence-electron chi connectivity index (χ0n) is 13.0. The van der Waals surface area contributed by atoms with Crippen LogP contribution in [0, 0.1) is 0 Å². The summed E-state index contributed by atoms with van der Waals surface area (Å²) in [5.74, 6) is 0. The zero-order chi connectivity index (χ0) is 13.9. The van der Waals surface area contributed by atoms with E-state index in [1.165, 1.54) is 12.8 Å². The maximum absolute atomic E-state index is 5.97. The van der Waals surface area contributed by atoms with Crippen LogP contribution in [0.1, 0.15) is 66.2 Å². The van der Waals surface area contributed by atoms with Gasteiger partial charge in [-0.3, -0.25) is 0 Å². The Hall–Kier alpha value is -0.120. The fraction of sp³-hybridized carbons (Fsp3) is 1.00. The summed E-state index contributed by atoms with van der Waals surface area (Å²) in [4.78, 5) is 0. The van der Waals surface area contributed by atoms with Crippen molar-refractivity contribution in [3.63, 3.8) is 0 Å². The molecule has 19 heavy (non-hydrogen) atoms. The lowest BCUT2D eigenvalue weighted by atomic mass is 9.99. The van der Waals surface area contributed by atoms with Gasteiger partial charge in [-0.05, 0) is 25.7 Å². The van der Waals surface area contributed by atoms with Crippen molar-refractivity contribution in [2.75, 3.05) is 13.2 Å². The molecule has 3 heteroatoms. The normalized spacial score (nSPS) is 40.4. The SMILES string of the molecule is CCCC1OC1(CC)COCC1(CC)OC1CCC. The van der Waals surface area contributed by atoms with Crippen LogP contribution in [-0.4, -0.2) is 36.6 Å². The molecular weight excluding hydrogens is 240 g/mol. The third kappa shape index (κ3) is 3.14. The van der Waals surface area contributed by atoms with Crippen molar-refractivity contribution in [2.24, 2.45) is 0 Å². The van der Waals surface area contributed by atoms with E-state index in [2.05, 4.69) is 27.7 Å². The monoisotopic (exact) mass is 270 g/mol. The van der Waals surface area contributed by atoms with Gasteiger partial charge >= 0.3 is 0 Å². The molecule has 2 heterocycles. The van der Waals surface area contributed by atoms with Gasteiger partial charge in [0.15, 0.2) is 0 Å². The summed E-state index contributed by atoms with van der Waals surface area (Å²) in [6, 6.07) is 0. The maximum atomic E-state index is 5.97. The summed E-state index contributed by atoms with van der Waals surface area (Å²) in [7, 11) is 0. The van der Waals surface area contributed by atoms with Crippen LogP contribution < -0.4 is 0 Å². The third-order valence-corrected chi connectivity index (χ3v) is 4.80. The lowest BCUT2D eigenvalue weighted by Crippen LogP contribution is -2.28. The minimum Gasteiger partial charge on any atom is -0.375 e. The molecule has 0 radical (unpaired) electrons. The minimum absolute atomic E-state index is 0.0140. The fourth-order valence-corrected chi connectivity index (χ4v) is 3.14. The first-order valence-electron chi connectivity index (χ1n) is 8.09. The van der Waals surface area contributed by atoms with E-state index in [-0.39, 0.29) is 11.2 Å². The molecule has 0 bridgehead atoms. The van der Waals surface area contributed by atoms with Crippen LogP contribution in [0.25, 0.3) is 0 Å². The van der Waals surface area contributed by atoms with Crippen LogP contribution >= 0.6 is 0 Å². The molecule has 0 aromatic carbocycles. The lowest BCUT2D eigenvalue weighted by molar-refractivity contribution is 0.0400. The quantitative estimate of drug-likeness (QED) is 0.568. The number of hydrogen-bond donors (Lipinski definition) is 0. The summed E-state index contributed by atoms with van der Waals surface area (Å²) in [5, 5.41) is 0. The van der Waals surface area contributed by atoms with Crippen LogP contribution in [-0.2, 0) is 14.2 Å². The molecule has 2 aliphatic rings. The van der Waals surface area contributed by atoms with Crippen molar-refractivity contribution in [2.45, 2.75) is 89.6 Å². The summed E-state index contributed by atoms with van der Waals surface area (Å²) >= 11 is 0. The molecule has 4 atom stereocenters. The van der Waals surface area contributed by atoms with E-state index in [0.29, 0.717) is 12.2 Å². The highest BCUT2D eigenvalue weighted by molar-refractivity contribution is 5.04. The van der Waals surface area contributed by atoms with Gasteiger partial charge in [0.1, 0.15) is 11.2 Å². The Kier molecular flexibility index (Phi) is 4.91. The van der Waals surface area contributed by atoms with Crippen LogP contribution in [0.4, 0.5) is 0 Å². The second-order valence-corrected chi connectivity index (χ2v) is 6.12. The van der Waals surface area contributed by atoms with Gasteiger partial charge in [-0.15, -0.1) is 0 Å². The molecule has 0 amide bonds. The molecule has 0 N–H and O–H groups in total. The molecule has 2 saturated heterocycles. The van der Waals surface area contributed by atoms with Crippen LogP contribution in [0.2, 0.25) is 0 Å². The van der Waals surface area contributed by atoms with Gasteiger partial charge in [0, 0.05) is 0 Å². The first-order chi connectivity index (χ1) is 9.16. The number of epoxide rings is 2. The van der Waals surface area contributed by atoms with E-state index in [1.807, 2.05) is 0 Å². The van der Waals surface area contributed by atoms with E-state index in [9.17, 15) is 0 Å². The molecule has 0 spiro atoms. The Labute approximate surface area is 118 Å². The summed E-state index contributed by atoms with van der Waals surface area (Å²) in [6.07, 6.45) is 7.64. The molecule has 0 saturated carbocycles. The predicted octanol–water partition coefficient (Wildman–Crippen LogP) is 3.70. The molecule has 0 aromatic rings. The highest BCUT2D eigenvalue weighted by Gasteiger charge is 2.57. The first-order valence-corrected chi connectivity index (χ1v) is 8.09. The van der Waals surface area contributed by atoms with Gasteiger partial charge in [-0.25, -0.2) is 0 Å². The van der Waals surface area contributed by atoms with Crippen molar-refractivity contribution >= 4 is 0 Å². The van der Waals surface area contributed by atoms with Crippen LogP contribution in [0.15, 0.2) is 0 Å². The first kappa shape index (κ1) is 15.3. The van der Waals surface area contributed by atoms with Gasteiger partial charge in [-0.1, -0.05) is 40.5 Å². The Bertz CT molecular complexity index is 266. The average molecular weight is 270 g/mol. The molecule has 2 aliphatic heterocycles. The minimum atomic E-state index is 0.0140. The number of ether oxygens (including phenoxy) is 3. The molecule has 3 nitrogen and oxygen atoms in total.